The number of anilines is 2. The van der Waals surface area contributed by atoms with Crippen molar-refractivity contribution in [2.75, 3.05) is 4.90 Å². The Morgan fingerprint density at radius 1 is 0.413 bits per heavy atom. The van der Waals surface area contributed by atoms with Gasteiger partial charge in [-0.1, -0.05) is 164 Å². The Morgan fingerprint density at radius 3 is 1.33 bits per heavy atom. The zero-order valence-corrected chi connectivity index (χ0v) is 25.5. The minimum Gasteiger partial charge on any atom is -0.330 e. The van der Waals surface area contributed by atoms with E-state index in [0.717, 1.165) is 0 Å². The van der Waals surface area contributed by atoms with Crippen molar-refractivity contribution in [2.24, 2.45) is 0 Å². The van der Waals surface area contributed by atoms with Gasteiger partial charge in [0.25, 0.3) is 0 Å². The summed E-state index contributed by atoms with van der Waals surface area (Å²) in [5.41, 5.74) is 9.76. The maximum Gasteiger partial charge on any atom is 0.0779 e. The number of para-hydroxylation sites is 2. The minimum absolute atomic E-state index is 0.205. The number of rotatable bonds is 8. The molecule has 1 aliphatic rings. The number of nitrogens with zero attached hydrogens (tertiary/aromatic N) is 1. The Hall–Kier alpha value is -5.92. The molecular weight excluding hydrogens is 555 g/mol. The highest BCUT2D eigenvalue weighted by atomic mass is 15.2. The first kappa shape index (κ1) is 27.6. The molecule has 7 aromatic carbocycles. The molecule has 46 heavy (non-hydrogen) atoms. The fourth-order valence-electron chi connectivity index (χ4n) is 6.58. The van der Waals surface area contributed by atoms with Crippen molar-refractivity contribution < 1.29 is 0 Å². The van der Waals surface area contributed by atoms with Crippen molar-refractivity contribution in [3.63, 3.8) is 0 Å². The average molecular weight is 588 g/mol. The quantitative estimate of drug-likeness (QED) is 0.126. The van der Waals surface area contributed by atoms with Crippen molar-refractivity contribution in [3.05, 3.63) is 210 Å². The lowest BCUT2D eigenvalue weighted by Gasteiger charge is -2.25. The molecule has 7 aromatic rings. The van der Waals surface area contributed by atoms with E-state index in [1.807, 2.05) is 0 Å². The molecule has 0 heterocycles. The largest absolute Gasteiger partial charge is 0.330 e. The van der Waals surface area contributed by atoms with Crippen LogP contribution in [0.4, 0.5) is 11.4 Å². The zero-order chi connectivity index (χ0) is 30.7. The molecule has 8 rings (SSSR count). The van der Waals surface area contributed by atoms with Gasteiger partial charge in [-0.2, -0.15) is 0 Å². The molecule has 0 aromatic heterocycles. The molecule has 0 N–H and O–H groups in total. The predicted octanol–water partition coefficient (Wildman–Crippen LogP) is 11.7. The van der Waals surface area contributed by atoms with Gasteiger partial charge in [-0.15, -0.1) is 0 Å². The summed E-state index contributed by atoms with van der Waals surface area (Å²) in [6, 6.07) is 60.7. The summed E-state index contributed by atoms with van der Waals surface area (Å²) in [7, 11) is 0. The third kappa shape index (κ3) is 5.33. The molecule has 0 aliphatic heterocycles. The van der Waals surface area contributed by atoms with Crippen LogP contribution in [0.1, 0.15) is 22.3 Å². The van der Waals surface area contributed by atoms with Crippen molar-refractivity contribution in [1.82, 2.24) is 0 Å². The fourth-order valence-corrected chi connectivity index (χ4v) is 6.58. The fraction of sp³-hybridized carbons (Fsp3) is 0.0222. The second-order valence-electron chi connectivity index (χ2n) is 11.7. The Labute approximate surface area is 270 Å². The van der Waals surface area contributed by atoms with E-state index in [4.69, 9.17) is 0 Å². The van der Waals surface area contributed by atoms with Crippen LogP contribution < -0.4 is 4.90 Å². The SMILES string of the molecule is C(=Cc1c(C=C(c2ccccc2)c2ccccc2)c2ccccc2c2ccccc12)C1=CC1N(c1ccccc1)c1ccccc1. The summed E-state index contributed by atoms with van der Waals surface area (Å²) in [5, 5.41) is 5.05. The monoisotopic (exact) mass is 587 g/mol. The Kier molecular flexibility index (Phi) is 7.34. The Balaban J connectivity index is 1.29. The van der Waals surface area contributed by atoms with Gasteiger partial charge in [0.05, 0.1) is 6.04 Å². The van der Waals surface area contributed by atoms with Gasteiger partial charge in [0.2, 0.25) is 0 Å². The highest BCUT2D eigenvalue weighted by Gasteiger charge is 2.31. The lowest BCUT2D eigenvalue weighted by molar-refractivity contribution is 1.02. The number of fused-ring (bicyclic) bond motifs is 3. The first-order valence-electron chi connectivity index (χ1n) is 15.9. The molecule has 0 spiro atoms. The maximum atomic E-state index is 2.42. The van der Waals surface area contributed by atoms with Gasteiger partial charge in [-0.25, -0.2) is 0 Å². The van der Waals surface area contributed by atoms with Crippen LogP contribution in [0, 0.1) is 0 Å². The van der Waals surface area contributed by atoms with E-state index >= 15 is 0 Å². The van der Waals surface area contributed by atoms with Gasteiger partial charge in [0.1, 0.15) is 0 Å². The summed E-state index contributed by atoms with van der Waals surface area (Å²) in [4.78, 5) is 2.42. The maximum absolute atomic E-state index is 2.42. The van der Waals surface area contributed by atoms with Gasteiger partial charge in [0.15, 0.2) is 0 Å². The van der Waals surface area contributed by atoms with E-state index in [2.05, 4.69) is 199 Å². The lowest BCUT2D eigenvalue weighted by atomic mass is 9.88. The second kappa shape index (κ2) is 12.2. The van der Waals surface area contributed by atoms with Gasteiger partial charge < -0.3 is 4.90 Å². The van der Waals surface area contributed by atoms with Crippen LogP contribution in [0.3, 0.4) is 0 Å². The Morgan fingerprint density at radius 2 is 0.826 bits per heavy atom. The molecule has 0 amide bonds. The normalized spacial score (nSPS) is 13.9. The average Bonchev–Trinajstić information content (AvgIpc) is 3.90. The van der Waals surface area contributed by atoms with Gasteiger partial charge >= 0.3 is 0 Å². The molecular formula is C45H33N. The van der Waals surface area contributed by atoms with Crippen molar-refractivity contribution in [1.29, 1.82) is 0 Å². The van der Waals surface area contributed by atoms with Crippen LogP contribution in [-0.2, 0) is 0 Å². The highest BCUT2D eigenvalue weighted by Crippen LogP contribution is 2.41. The highest BCUT2D eigenvalue weighted by molar-refractivity contribution is 6.16. The lowest BCUT2D eigenvalue weighted by Crippen LogP contribution is -2.21. The molecule has 1 nitrogen and oxygen atoms in total. The van der Waals surface area contributed by atoms with Crippen LogP contribution >= 0.6 is 0 Å². The first-order chi connectivity index (χ1) is 22.8. The smallest absolute Gasteiger partial charge is 0.0779 e. The standard InChI is InChI=1S/C45H33N/c1-5-17-33(18-6-1)43(34-19-7-2-8-20-34)32-44-41-28-16-15-26-39(41)38-25-13-14-27-40(38)42(44)30-29-35-31-45(35)46(36-21-9-3-10-22-36)37-23-11-4-12-24-37/h1-32,45H. The molecule has 1 unspecified atom stereocenters. The summed E-state index contributed by atoms with van der Waals surface area (Å²) < 4.78 is 0. The molecule has 0 saturated heterocycles. The predicted molar refractivity (Wildman–Crippen MR) is 197 cm³/mol. The third-order valence-electron chi connectivity index (χ3n) is 8.85. The van der Waals surface area contributed by atoms with Gasteiger partial charge in [-0.05, 0) is 85.3 Å². The molecule has 0 saturated carbocycles. The van der Waals surface area contributed by atoms with Crippen molar-refractivity contribution in [2.45, 2.75) is 6.04 Å². The summed E-state index contributed by atoms with van der Waals surface area (Å²) in [6.07, 6.45) is 9.42. The van der Waals surface area contributed by atoms with Crippen LogP contribution in [0.5, 0.6) is 0 Å². The van der Waals surface area contributed by atoms with Crippen LogP contribution in [0.15, 0.2) is 188 Å². The molecule has 218 valence electrons. The molecule has 0 bridgehead atoms. The Bertz CT molecular complexity index is 2150. The topological polar surface area (TPSA) is 3.24 Å². The van der Waals surface area contributed by atoms with E-state index < -0.39 is 0 Å². The van der Waals surface area contributed by atoms with E-state index in [1.54, 1.807) is 0 Å². The molecule has 1 aliphatic carbocycles. The third-order valence-corrected chi connectivity index (χ3v) is 8.85. The molecule has 1 heteroatoms. The van der Waals surface area contributed by atoms with Gasteiger partial charge in [0, 0.05) is 11.4 Å². The number of hydrogen-bond acceptors (Lipinski definition) is 1. The van der Waals surface area contributed by atoms with Crippen LogP contribution in [0.2, 0.25) is 0 Å². The van der Waals surface area contributed by atoms with Crippen molar-refractivity contribution in [3.8, 4) is 0 Å². The van der Waals surface area contributed by atoms with Gasteiger partial charge in [-0.3, -0.25) is 0 Å². The molecule has 0 fully saturated rings. The summed E-state index contributed by atoms with van der Waals surface area (Å²) in [5.74, 6) is 0. The molecule has 1 atom stereocenters. The first-order valence-corrected chi connectivity index (χ1v) is 15.9. The van der Waals surface area contributed by atoms with E-state index in [1.165, 1.54) is 66.3 Å². The molecule has 0 radical (unpaired) electrons. The van der Waals surface area contributed by atoms with E-state index in [-0.39, 0.29) is 6.04 Å². The van der Waals surface area contributed by atoms with Crippen molar-refractivity contribution >= 4 is 50.6 Å². The zero-order valence-electron chi connectivity index (χ0n) is 25.5. The van der Waals surface area contributed by atoms with E-state index in [0.29, 0.717) is 0 Å². The second-order valence-corrected chi connectivity index (χ2v) is 11.7. The van der Waals surface area contributed by atoms with Crippen LogP contribution in [0.25, 0.3) is 39.3 Å². The van der Waals surface area contributed by atoms with E-state index in [9.17, 15) is 0 Å². The summed E-state index contributed by atoms with van der Waals surface area (Å²) in [6.45, 7) is 0. The summed E-state index contributed by atoms with van der Waals surface area (Å²) >= 11 is 0. The number of benzene rings is 7. The minimum atomic E-state index is 0.205. The number of hydrogen-bond donors (Lipinski definition) is 0. The van der Waals surface area contributed by atoms with Crippen LogP contribution in [-0.4, -0.2) is 6.04 Å².